The molecule has 0 radical (unpaired) electrons. The fraction of sp³-hybridized carbons (Fsp3) is 0.400. The lowest BCUT2D eigenvalue weighted by molar-refractivity contribution is -0.121. The van der Waals surface area contributed by atoms with Gasteiger partial charge in [0.25, 0.3) is 0 Å². The fourth-order valence-electron chi connectivity index (χ4n) is 4.15. The highest BCUT2D eigenvalue weighted by molar-refractivity contribution is 6.32. The topological polar surface area (TPSA) is 108 Å². The zero-order chi connectivity index (χ0) is 25.7. The number of anilines is 1. The van der Waals surface area contributed by atoms with Crippen LogP contribution in [0.4, 0.5) is 5.69 Å². The zero-order valence-corrected chi connectivity index (χ0v) is 21.4. The van der Waals surface area contributed by atoms with E-state index in [2.05, 4.69) is 20.4 Å². The number of likely N-dealkylation sites (tertiary alicyclic amines) is 1. The van der Waals surface area contributed by atoms with Crippen LogP contribution in [0.15, 0.2) is 34.9 Å². The third kappa shape index (κ3) is 5.66. The molecule has 2 heterocycles. The van der Waals surface area contributed by atoms with Crippen molar-refractivity contribution in [3.05, 3.63) is 41.2 Å². The molecule has 10 nitrogen and oxygen atoms in total. The summed E-state index contributed by atoms with van der Waals surface area (Å²) in [5, 5.41) is 7.47. The molecule has 2 aromatic carbocycles. The van der Waals surface area contributed by atoms with E-state index in [4.69, 9.17) is 35.1 Å². The lowest BCUT2D eigenvalue weighted by Gasteiger charge is -2.30. The average molecular weight is 517 g/mol. The van der Waals surface area contributed by atoms with Gasteiger partial charge in [-0.25, -0.2) is 0 Å². The number of piperidine rings is 1. The number of methoxy groups -OCH3 is 4. The first kappa shape index (κ1) is 25.6. The van der Waals surface area contributed by atoms with Crippen molar-refractivity contribution in [2.24, 2.45) is 5.92 Å². The predicted octanol–water partition coefficient (Wildman–Crippen LogP) is 4.28. The minimum atomic E-state index is -0.127. The van der Waals surface area contributed by atoms with E-state index in [1.54, 1.807) is 32.4 Å². The van der Waals surface area contributed by atoms with E-state index < -0.39 is 0 Å². The number of aromatic nitrogens is 2. The Morgan fingerprint density at radius 3 is 2.36 bits per heavy atom. The van der Waals surface area contributed by atoms with Crippen molar-refractivity contribution in [1.82, 2.24) is 15.0 Å². The van der Waals surface area contributed by atoms with Crippen LogP contribution in [-0.2, 0) is 11.3 Å². The Morgan fingerprint density at radius 1 is 1.00 bits per heavy atom. The lowest BCUT2D eigenvalue weighted by Crippen LogP contribution is -2.37. The number of amides is 1. The van der Waals surface area contributed by atoms with Gasteiger partial charge in [-0.15, -0.1) is 0 Å². The second kappa shape index (κ2) is 11.5. The van der Waals surface area contributed by atoms with Crippen LogP contribution in [0.5, 0.6) is 23.0 Å². The molecule has 192 valence electrons. The molecule has 1 fully saturated rings. The number of hydrogen-bond donors (Lipinski definition) is 1. The standard InChI is InChI=1S/C25H29ClN4O6/c1-32-19-6-5-16(11-22(19)35-4)24-28-23(36-29-24)14-30-9-7-15(8-10-30)25(31)27-18-13-20(33-2)17(26)12-21(18)34-3/h5-6,11-13,15H,7-10,14H2,1-4H3,(H,27,31). The smallest absolute Gasteiger partial charge is 0.241 e. The lowest BCUT2D eigenvalue weighted by atomic mass is 9.95. The number of carbonyl (C=O) groups excluding carboxylic acids is 1. The number of carbonyl (C=O) groups is 1. The molecule has 36 heavy (non-hydrogen) atoms. The summed E-state index contributed by atoms with van der Waals surface area (Å²) in [5.74, 6) is 2.97. The van der Waals surface area contributed by atoms with Gasteiger partial charge >= 0.3 is 0 Å². The van der Waals surface area contributed by atoms with E-state index in [1.165, 1.54) is 14.2 Å². The molecule has 1 aliphatic heterocycles. The van der Waals surface area contributed by atoms with Gasteiger partial charge < -0.3 is 28.8 Å². The van der Waals surface area contributed by atoms with Crippen LogP contribution in [0.25, 0.3) is 11.4 Å². The molecule has 0 spiro atoms. The number of benzene rings is 2. The fourth-order valence-corrected chi connectivity index (χ4v) is 4.38. The highest BCUT2D eigenvalue weighted by atomic mass is 35.5. The van der Waals surface area contributed by atoms with Crippen LogP contribution in [0.1, 0.15) is 18.7 Å². The van der Waals surface area contributed by atoms with Crippen LogP contribution in [0, 0.1) is 5.92 Å². The Morgan fingerprint density at radius 2 is 1.69 bits per heavy atom. The van der Waals surface area contributed by atoms with Crippen LogP contribution < -0.4 is 24.3 Å². The number of halogens is 1. The Balaban J connectivity index is 1.33. The Hall–Kier alpha value is -3.50. The highest BCUT2D eigenvalue weighted by Gasteiger charge is 2.27. The SMILES string of the molecule is COc1cc(NC(=O)C2CCN(Cc3nc(-c4ccc(OC)c(OC)c4)no3)CC2)c(OC)cc1Cl. The minimum absolute atomic E-state index is 0.0640. The first-order valence-electron chi connectivity index (χ1n) is 11.5. The second-order valence-electron chi connectivity index (χ2n) is 8.31. The third-order valence-electron chi connectivity index (χ3n) is 6.16. The summed E-state index contributed by atoms with van der Waals surface area (Å²) in [6, 6.07) is 8.75. The number of hydrogen-bond acceptors (Lipinski definition) is 9. The Labute approximate surface area is 214 Å². The van der Waals surface area contributed by atoms with Crippen molar-refractivity contribution in [1.29, 1.82) is 0 Å². The monoisotopic (exact) mass is 516 g/mol. The van der Waals surface area contributed by atoms with Crippen molar-refractivity contribution in [3.8, 4) is 34.4 Å². The Kier molecular flexibility index (Phi) is 8.17. The molecule has 11 heteroatoms. The zero-order valence-electron chi connectivity index (χ0n) is 20.7. The van der Waals surface area contributed by atoms with Crippen LogP contribution in [0.3, 0.4) is 0 Å². The molecule has 3 aromatic rings. The van der Waals surface area contributed by atoms with Gasteiger partial charge in [0.15, 0.2) is 11.5 Å². The highest BCUT2D eigenvalue weighted by Crippen LogP contribution is 2.36. The number of nitrogens with one attached hydrogen (secondary N) is 1. The second-order valence-corrected chi connectivity index (χ2v) is 8.72. The van der Waals surface area contributed by atoms with Crippen LogP contribution in [-0.4, -0.2) is 62.5 Å². The summed E-state index contributed by atoms with van der Waals surface area (Å²) in [5.41, 5.74) is 1.30. The van der Waals surface area contributed by atoms with E-state index in [-0.39, 0.29) is 11.8 Å². The normalized spacial score (nSPS) is 14.4. The molecule has 0 unspecified atom stereocenters. The van der Waals surface area contributed by atoms with Gasteiger partial charge in [0.2, 0.25) is 17.6 Å². The molecular formula is C25H29ClN4O6. The average Bonchev–Trinajstić information content (AvgIpc) is 3.37. The molecule has 0 atom stereocenters. The van der Waals surface area contributed by atoms with Gasteiger partial charge in [0.1, 0.15) is 11.5 Å². The van der Waals surface area contributed by atoms with Gasteiger partial charge in [-0.1, -0.05) is 16.8 Å². The number of nitrogens with zero attached hydrogens (tertiary/aromatic N) is 3. The molecule has 1 amide bonds. The summed E-state index contributed by atoms with van der Waals surface area (Å²) >= 11 is 6.16. The summed E-state index contributed by atoms with van der Waals surface area (Å²) in [6.45, 7) is 1.97. The van der Waals surface area contributed by atoms with Gasteiger partial charge in [-0.05, 0) is 44.1 Å². The number of rotatable bonds is 9. The van der Waals surface area contributed by atoms with Gasteiger partial charge in [0, 0.05) is 23.6 Å². The van der Waals surface area contributed by atoms with Crippen molar-refractivity contribution < 1.29 is 28.3 Å². The molecular weight excluding hydrogens is 488 g/mol. The quantitative estimate of drug-likeness (QED) is 0.445. The van der Waals surface area contributed by atoms with Gasteiger partial charge in [-0.2, -0.15) is 4.98 Å². The first-order chi connectivity index (χ1) is 17.4. The predicted molar refractivity (Wildman–Crippen MR) is 134 cm³/mol. The first-order valence-corrected chi connectivity index (χ1v) is 11.8. The van der Waals surface area contributed by atoms with E-state index in [0.29, 0.717) is 64.8 Å². The van der Waals surface area contributed by atoms with E-state index in [0.717, 1.165) is 18.7 Å². The van der Waals surface area contributed by atoms with Crippen molar-refractivity contribution in [3.63, 3.8) is 0 Å². The molecule has 1 aliphatic rings. The molecule has 0 aliphatic carbocycles. The molecule has 1 N–H and O–H groups in total. The van der Waals surface area contributed by atoms with Gasteiger partial charge in [0.05, 0.1) is 45.7 Å². The molecule has 4 rings (SSSR count). The Bertz CT molecular complexity index is 1210. The molecule has 1 saturated heterocycles. The van der Waals surface area contributed by atoms with Crippen LogP contribution in [0.2, 0.25) is 5.02 Å². The molecule has 0 bridgehead atoms. The van der Waals surface area contributed by atoms with Crippen molar-refractivity contribution >= 4 is 23.2 Å². The molecule has 0 saturated carbocycles. The van der Waals surface area contributed by atoms with Crippen molar-refractivity contribution in [2.75, 3.05) is 46.8 Å². The van der Waals surface area contributed by atoms with Crippen LogP contribution >= 0.6 is 11.6 Å². The van der Waals surface area contributed by atoms with Gasteiger partial charge in [-0.3, -0.25) is 9.69 Å². The van der Waals surface area contributed by atoms with E-state index in [9.17, 15) is 4.79 Å². The maximum atomic E-state index is 12.9. The summed E-state index contributed by atoms with van der Waals surface area (Å²) < 4.78 is 26.7. The maximum absolute atomic E-state index is 12.9. The summed E-state index contributed by atoms with van der Waals surface area (Å²) in [4.78, 5) is 19.6. The number of ether oxygens (including phenoxy) is 4. The minimum Gasteiger partial charge on any atom is -0.495 e. The largest absolute Gasteiger partial charge is 0.495 e. The summed E-state index contributed by atoms with van der Waals surface area (Å²) in [6.07, 6.45) is 1.41. The maximum Gasteiger partial charge on any atom is 0.241 e. The molecule has 1 aromatic heterocycles. The third-order valence-corrected chi connectivity index (χ3v) is 6.45. The summed E-state index contributed by atoms with van der Waals surface area (Å²) in [7, 11) is 6.22. The van der Waals surface area contributed by atoms with E-state index in [1.807, 2.05) is 12.1 Å². The van der Waals surface area contributed by atoms with Crippen molar-refractivity contribution in [2.45, 2.75) is 19.4 Å². The van der Waals surface area contributed by atoms with E-state index >= 15 is 0 Å².